The van der Waals surface area contributed by atoms with Gasteiger partial charge in [0.15, 0.2) is 11.2 Å². The zero-order chi connectivity index (χ0) is 26.2. The van der Waals surface area contributed by atoms with E-state index < -0.39 is 0 Å². The van der Waals surface area contributed by atoms with E-state index in [1.54, 1.807) is 0 Å². The highest BCUT2D eigenvalue weighted by Crippen LogP contribution is 2.47. The third-order valence-electron chi connectivity index (χ3n) is 8.27. The Kier molecular flexibility index (Phi) is 4.36. The molecule has 9 rings (SSSR count). The fourth-order valence-electron chi connectivity index (χ4n) is 6.53. The Balaban J connectivity index is 1.40. The predicted molar refractivity (Wildman–Crippen MR) is 167 cm³/mol. The lowest BCUT2D eigenvalue weighted by atomic mass is 9.86. The van der Waals surface area contributed by atoms with Crippen molar-refractivity contribution in [2.75, 3.05) is 0 Å². The van der Waals surface area contributed by atoms with Gasteiger partial charge in [0.2, 0.25) is 0 Å². The second-order valence-corrected chi connectivity index (χ2v) is 10.4. The van der Waals surface area contributed by atoms with Gasteiger partial charge in [-0.1, -0.05) is 115 Å². The van der Waals surface area contributed by atoms with Gasteiger partial charge in [0.1, 0.15) is 11.3 Å². The molecule has 2 aromatic heterocycles. The first-order valence-electron chi connectivity index (χ1n) is 13.6. The van der Waals surface area contributed by atoms with Gasteiger partial charge in [0, 0.05) is 21.7 Å². The summed E-state index contributed by atoms with van der Waals surface area (Å²) in [4.78, 5) is 0. The van der Waals surface area contributed by atoms with Crippen molar-refractivity contribution in [1.29, 1.82) is 0 Å². The van der Waals surface area contributed by atoms with Gasteiger partial charge >= 0.3 is 0 Å². The van der Waals surface area contributed by atoms with E-state index in [0.29, 0.717) is 0 Å². The molecule has 0 aliphatic heterocycles. The topological polar surface area (TPSA) is 26.3 Å². The van der Waals surface area contributed by atoms with Gasteiger partial charge in [0.25, 0.3) is 0 Å². The minimum atomic E-state index is 0.787. The maximum Gasteiger partial charge on any atom is 0.178 e. The normalized spacial score (nSPS) is 12.0. The Morgan fingerprint density at radius 3 is 1.70 bits per heavy atom. The number of hydrogen-bond acceptors (Lipinski definition) is 2. The first kappa shape index (κ1) is 21.6. The van der Waals surface area contributed by atoms with E-state index in [2.05, 4.69) is 115 Å². The number of para-hydroxylation sites is 1. The number of hydrogen-bond donors (Lipinski definition) is 0. The van der Waals surface area contributed by atoms with Crippen LogP contribution in [0.4, 0.5) is 0 Å². The molecule has 186 valence electrons. The molecule has 0 saturated heterocycles. The summed E-state index contributed by atoms with van der Waals surface area (Å²) in [5.41, 5.74) is 6.06. The van der Waals surface area contributed by atoms with Crippen LogP contribution in [0.2, 0.25) is 0 Å². The monoisotopic (exact) mass is 510 g/mol. The van der Waals surface area contributed by atoms with Crippen molar-refractivity contribution in [2.45, 2.75) is 0 Å². The molecule has 0 atom stereocenters. The number of fused-ring (bicyclic) bond motifs is 8. The minimum absolute atomic E-state index is 0.787. The Morgan fingerprint density at radius 2 is 0.950 bits per heavy atom. The Morgan fingerprint density at radius 1 is 0.350 bits per heavy atom. The second kappa shape index (κ2) is 8.08. The van der Waals surface area contributed by atoms with E-state index >= 15 is 0 Å². The summed E-state index contributed by atoms with van der Waals surface area (Å²) in [6.07, 6.45) is 0. The Bertz CT molecular complexity index is 2370. The van der Waals surface area contributed by atoms with Crippen molar-refractivity contribution in [1.82, 2.24) is 0 Å². The van der Waals surface area contributed by atoms with E-state index in [1.165, 1.54) is 43.4 Å². The maximum absolute atomic E-state index is 6.74. The number of benzene rings is 7. The van der Waals surface area contributed by atoms with Gasteiger partial charge in [-0.3, -0.25) is 0 Å². The van der Waals surface area contributed by atoms with E-state index in [-0.39, 0.29) is 0 Å². The molecular formula is C38H22O2. The van der Waals surface area contributed by atoms with Crippen LogP contribution in [0.5, 0.6) is 0 Å². The summed E-state index contributed by atoms with van der Waals surface area (Å²) < 4.78 is 13.0. The highest BCUT2D eigenvalue weighted by atomic mass is 16.4. The van der Waals surface area contributed by atoms with Crippen molar-refractivity contribution in [3.63, 3.8) is 0 Å². The molecule has 0 aliphatic carbocycles. The van der Waals surface area contributed by atoms with Crippen molar-refractivity contribution in [2.24, 2.45) is 0 Å². The Labute approximate surface area is 229 Å². The van der Waals surface area contributed by atoms with Crippen LogP contribution in [-0.4, -0.2) is 0 Å². The summed E-state index contributed by atoms with van der Waals surface area (Å²) in [6.45, 7) is 0. The molecule has 2 heterocycles. The third-order valence-corrected chi connectivity index (χ3v) is 8.27. The first-order valence-corrected chi connectivity index (χ1v) is 13.6. The van der Waals surface area contributed by atoms with Gasteiger partial charge in [-0.25, -0.2) is 0 Å². The molecule has 40 heavy (non-hydrogen) atoms. The second-order valence-electron chi connectivity index (χ2n) is 10.4. The van der Waals surface area contributed by atoms with E-state index in [0.717, 1.165) is 44.2 Å². The van der Waals surface area contributed by atoms with E-state index in [1.807, 2.05) is 18.2 Å². The summed E-state index contributed by atoms with van der Waals surface area (Å²) >= 11 is 0. The fourth-order valence-corrected chi connectivity index (χ4v) is 6.53. The van der Waals surface area contributed by atoms with Crippen LogP contribution in [0, 0.1) is 0 Å². The lowest BCUT2D eigenvalue weighted by Gasteiger charge is -2.17. The predicted octanol–water partition coefficient (Wildman–Crippen LogP) is 11.1. The molecule has 7 aromatic carbocycles. The van der Waals surface area contributed by atoms with Crippen LogP contribution in [-0.2, 0) is 0 Å². The van der Waals surface area contributed by atoms with Crippen LogP contribution in [0.1, 0.15) is 0 Å². The zero-order valence-electron chi connectivity index (χ0n) is 21.5. The number of furan rings is 2. The highest BCUT2D eigenvalue weighted by Gasteiger charge is 2.21. The first-order chi connectivity index (χ1) is 19.8. The van der Waals surface area contributed by atoms with Gasteiger partial charge in [-0.05, 0) is 61.6 Å². The molecule has 0 unspecified atom stereocenters. The van der Waals surface area contributed by atoms with Crippen LogP contribution in [0.15, 0.2) is 142 Å². The van der Waals surface area contributed by atoms with Crippen LogP contribution < -0.4 is 0 Å². The molecule has 0 saturated carbocycles. The summed E-state index contributed by atoms with van der Waals surface area (Å²) in [6, 6.07) is 47.2. The molecule has 0 N–H and O–H groups in total. The number of rotatable bonds is 2. The molecule has 2 nitrogen and oxygen atoms in total. The summed E-state index contributed by atoms with van der Waals surface area (Å²) in [5.74, 6) is 0.847. The molecule has 9 aromatic rings. The molecule has 0 bridgehead atoms. The van der Waals surface area contributed by atoms with Crippen molar-refractivity contribution in [3.05, 3.63) is 133 Å². The van der Waals surface area contributed by atoms with Gasteiger partial charge in [-0.15, -0.1) is 0 Å². The smallest absolute Gasteiger partial charge is 0.178 e. The quantitative estimate of drug-likeness (QED) is 0.216. The van der Waals surface area contributed by atoms with Gasteiger partial charge in [-0.2, -0.15) is 0 Å². The molecule has 0 aliphatic rings. The summed E-state index contributed by atoms with van der Waals surface area (Å²) in [5, 5.41) is 10.5. The molecule has 0 spiro atoms. The standard InChI is InChI=1S/C38H22O2/c1-2-12-25-23(10-1)11-9-18-27(25)35-28-14-3-5-16-30(28)36(31-17-6-4-15-29(31)35)34-22-24-20-21-32-26-13-7-8-19-33(26)39-38(32)37(24)40-34/h1-22H. The average Bonchev–Trinajstić information content (AvgIpc) is 3.61. The van der Waals surface area contributed by atoms with E-state index in [4.69, 9.17) is 8.83 Å². The van der Waals surface area contributed by atoms with Crippen LogP contribution in [0.25, 0.3) is 87.7 Å². The van der Waals surface area contributed by atoms with E-state index in [9.17, 15) is 0 Å². The molecule has 0 fully saturated rings. The molecule has 2 heteroatoms. The minimum Gasteiger partial charge on any atom is -0.452 e. The highest BCUT2D eigenvalue weighted by molar-refractivity contribution is 6.24. The molecule has 0 radical (unpaired) electrons. The molecule has 0 amide bonds. The summed E-state index contributed by atoms with van der Waals surface area (Å²) in [7, 11) is 0. The average molecular weight is 511 g/mol. The SMILES string of the molecule is c1ccc2c(-c3c4ccccc4c(-c4cc5ccc6c7ccccc7oc6c5o4)c4ccccc34)cccc2c1. The third kappa shape index (κ3) is 2.93. The maximum atomic E-state index is 6.74. The fraction of sp³-hybridized carbons (Fsp3) is 0. The van der Waals surface area contributed by atoms with Crippen LogP contribution >= 0.6 is 0 Å². The van der Waals surface area contributed by atoms with Gasteiger partial charge in [0.05, 0.1) is 0 Å². The Hall–Kier alpha value is -5.34. The largest absolute Gasteiger partial charge is 0.452 e. The zero-order valence-corrected chi connectivity index (χ0v) is 21.5. The van der Waals surface area contributed by atoms with Crippen LogP contribution in [0.3, 0.4) is 0 Å². The van der Waals surface area contributed by atoms with Crippen molar-refractivity contribution < 1.29 is 8.83 Å². The van der Waals surface area contributed by atoms with Gasteiger partial charge < -0.3 is 8.83 Å². The lowest BCUT2D eigenvalue weighted by molar-refractivity contribution is 0.612. The van der Waals surface area contributed by atoms with Crippen molar-refractivity contribution in [3.8, 4) is 22.5 Å². The lowest BCUT2D eigenvalue weighted by Crippen LogP contribution is -1.90. The van der Waals surface area contributed by atoms with Crippen molar-refractivity contribution >= 4 is 65.2 Å². The molecular weight excluding hydrogens is 488 g/mol.